The second-order valence-corrected chi connectivity index (χ2v) is 10.4. The molecular formula is C23H21Cl3N2O5S. The molecule has 0 aliphatic rings. The van der Waals surface area contributed by atoms with Crippen molar-refractivity contribution >= 4 is 62.1 Å². The lowest BCUT2D eigenvalue weighted by atomic mass is 10.1. The van der Waals surface area contributed by atoms with Gasteiger partial charge in [-0.1, -0.05) is 46.9 Å². The summed E-state index contributed by atoms with van der Waals surface area (Å²) in [6.45, 7) is -0.0481. The SMILES string of the molecule is COc1cc(C(=O)Nc2ccc(Cl)cc2Cl)c(N(Cc2ccc(Cl)cc2)S(C)(=O)=O)cc1OC. The van der Waals surface area contributed by atoms with Gasteiger partial charge in [0.2, 0.25) is 10.0 Å². The van der Waals surface area contributed by atoms with Crippen LogP contribution < -0.4 is 19.1 Å². The van der Waals surface area contributed by atoms with E-state index in [0.29, 0.717) is 21.3 Å². The molecule has 34 heavy (non-hydrogen) atoms. The van der Waals surface area contributed by atoms with E-state index >= 15 is 0 Å². The monoisotopic (exact) mass is 542 g/mol. The minimum atomic E-state index is -3.83. The molecule has 0 saturated carbocycles. The Morgan fingerprint density at radius 2 is 1.50 bits per heavy atom. The van der Waals surface area contributed by atoms with Crippen LogP contribution in [0, 0.1) is 0 Å². The van der Waals surface area contributed by atoms with Crippen LogP contribution in [0.15, 0.2) is 54.6 Å². The van der Waals surface area contributed by atoms with Crippen LogP contribution >= 0.6 is 34.8 Å². The summed E-state index contributed by atoms with van der Waals surface area (Å²) in [5, 5.41) is 3.84. The highest BCUT2D eigenvalue weighted by atomic mass is 35.5. The number of methoxy groups -OCH3 is 2. The van der Waals surface area contributed by atoms with Crippen LogP contribution in [0.1, 0.15) is 15.9 Å². The first-order chi connectivity index (χ1) is 16.0. The van der Waals surface area contributed by atoms with E-state index < -0.39 is 15.9 Å². The molecule has 0 heterocycles. The number of anilines is 2. The van der Waals surface area contributed by atoms with Crippen molar-refractivity contribution in [3.8, 4) is 11.5 Å². The van der Waals surface area contributed by atoms with Gasteiger partial charge in [-0.2, -0.15) is 0 Å². The molecule has 1 N–H and O–H groups in total. The van der Waals surface area contributed by atoms with Crippen molar-refractivity contribution in [3.05, 3.63) is 80.8 Å². The zero-order valence-electron chi connectivity index (χ0n) is 18.4. The lowest BCUT2D eigenvalue weighted by Crippen LogP contribution is -2.31. The number of nitrogens with one attached hydrogen (secondary N) is 1. The minimum absolute atomic E-state index is 0.0306. The molecule has 0 unspecified atom stereocenters. The summed E-state index contributed by atoms with van der Waals surface area (Å²) in [5.41, 5.74) is 1.10. The van der Waals surface area contributed by atoms with E-state index in [9.17, 15) is 13.2 Å². The first-order valence-electron chi connectivity index (χ1n) is 9.78. The molecule has 3 aromatic rings. The van der Waals surface area contributed by atoms with Gasteiger partial charge in [-0.15, -0.1) is 0 Å². The van der Waals surface area contributed by atoms with E-state index in [4.69, 9.17) is 44.3 Å². The Balaban J connectivity index is 2.14. The molecule has 7 nitrogen and oxygen atoms in total. The summed E-state index contributed by atoms with van der Waals surface area (Å²) >= 11 is 18.1. The number of amides is 1. The van der Waals surface area contributed by atoms with Gasteiger partial charge >= 0.3 is 0 Å². The summed E-state index contributed by atoms with van der Waals surface area (Å²) in [5.74, 6) is -0.105. The van der Waals surface area contributed by atoms with Crippen molar-refractivity contribution in [2.45, 2.75) is 6.54 Å². The molecule has 0 bridgehead atoms. The van der Waals surface area contributed by atoms with Crippen LogP contribution in [0.3, 0.4) is 0 Å². The number of nitrogens with zero attached hydrogens (tertiary/aromatic N) is 1. The van der Waals surface area contributed by atoms with Gasteiger partial charge in [-0.3, -0.25) is 9.10 Å². The zero-order valence-corrected chi connectivity index (χ0v) is 21.5. The van der Waals surface area contributed by atoms with Crippen molar-refractivity contribution in [1.29, 1.82) is 0 Å². The summed E-state index contributed by atoms with van der Waals surface area (Å²) in [7, 11) is -1.00. The largest absolute Gasteiger partial charge is 0.493 e. The lowest BCUT2D eigenvalue weighted by Gasteiger charge is -2.26. The zero-order chi connectivity index (χ0) is 25.0. The van der Waals surface area contributed by atoms with Crippen LogP contribution in [0.25, 0.3) is 0 Å². The topological polar surface area (TPSA) is 84.9 Å². The number of rotatable bonds is 8. The second kappa shape index (κ2) is 10.7. The molecule has 11 heteroatoms. The predicted octanol–water partition coefficient (Wildman–Crippen LogP) is 5.88. The van der Waals surface area contributed by atoms with Gasteiger partial charge < -0.3 is 14.8 Å². The summed E-state index contributed by atoms with van der Waals surface area (Å²) in [6.07, 6.45) is 1.05. The molecule has 0 atom stereocenters. The molecule has 0 aliphatic carbocycles. The first-order valence-corrected chi connectivity index (χ1v) is 12.8. The third-order valence-electron chi connectivity index (χ3n) is 4.83. The molecule has 0 spiro atoms. The summed E-state index contributed by atoms with van der Waals surface area (Å²) in [6, 6.07) is 14.2. The number of halogens is 3. The number of sulfonamides is 1. The Morgan fingerprint density at radius 3 is 2.06 bits per heavy atom. The Bertz CT molecular complexity index is 1310. The van der Waals surface area contributed by atoms with Crippen LogP contribution in [-0.2, 0) is 16.6 Å². The van der Waals surface area contributed by atoms with E-state index in [2.05, 4.69) is 5.32 Å². The fourth-order valence-corrected chi connectivity index (χ4v) is 4.65. The fraction of sp³-hybridized carbons (Fsp3) is 0.174. The number of benzene rings is 3. The Hall–Kier alpha value is -2.65. The molecule has 0 fully saturated rings. The maximum Gasteiger partial charge on any atom is 0.257 e. The highest BCUT2D eigenvalue weighted by molar-refractivity contribution is 7.92. The summed E-state index contributed by atoms with van der Waals surface area (Å²) < 4.78 is 37.5. The third-order valence-corrected chi connectivity index (χ3v) is 6.76. The van der Waals surface area contributed by atoms with Gasteiger partial charge in [-0.25, -0.2) is 8.42 Å². The van der Waals surface area contributed by atoms with E-state index in [-0.39, 0.29) is 34.3 Å². The summed E-state index contributed by atoms with van der Waals surface area (Å²) in [4.78, 5) is 13.3. The predicted molar refractivity (Wildman–Crippen MR) is 136 cm³/mol. The van der Waals surface area contributed by atoms with Gasteiger partial charge in [0, 0.05) is 16.1 Å². The molecule has 0 radical (unpaired) electrons. The molecule has 3 aromatic carbocycles. The van der Waals surface area contributed by atoms with Crippen molar-refractivity contribution < 1.29 is 22.7 Å². The van der Waals surface area contributed by atoms with Crippen molar-refractivity contribution in [2.24, 2.45) is 0 Å². The van der Waals surface area contributed by atoms with Crippen molar-refractivity contribution in [1.82, 2.24) is 0 Å². The van der Waals surface area contributed by atoms with Gasteiger partial charge in [0.25, 0.3) is 5.91 Å². The second-order valence-electron chi connectivity index (χ2n) is 7.20. The van der Waals surface area contributed by atoms with Gasteiger partial charge in [0.15, 0.2) is 11.5 Å². The standard InChI is InChI=1S/C23H21Cl3N2O5S/c1-32-21-11-17(23(29)27-19-9-8-16(25)10-18(19)26)20(12-22(21)33-2)28(34(3,30)31)13-14-4-6-15(24)7-5-14/h4-12H,13H2,1-3H3,(H,27,29). The highest BCUT2D eigenvalue weighted by Gasteiger charge is 2.27. The van der Waals surface area contributed by atoms with E-state index in [1.165, 1.54) is 32.4 Å². The maximum absolute atomic E-state index is 13.3. The molecule has 1 amide bonds. The average molecular weight is 544 g/mol. The highest BCUT2D eigenvalue weighted by Crippen LogP contribution is 2.38. The minimum Gasteiger partial charge on any atom is -0.493 e. The first kappa shape index (κ1) is 26.0. The molecule has 0 aliphatic heterocycles. The van der Waals surface area contributed by atoms with Gasteiger partial charge in [0.05, 0.1) is 49.0 Å². The van der Waals surface area contributed by atoms with E-state index in [1.807, 2.05) is 0 Å². The smallest absolute Gasteiger partial charge is 0.257 e. The number of hydrogen-bond acceptors (Lipinski definition) is 5. The Kier molecular flexibility index (Phi) is 8.20. The number of ether oxygens (including phenoxy) is 2. The molecular weight excluding hydrogens is 523 g/mol. The molecule has 180 valence electrons. The lowest BCUT2D eigenvalue weighted by molar-refractivity contribution is 0.102. The van der Waals surface area contributed by atoms with Crippen molar-refractivity contribution in [3.63, 3.8) is 0 Å². The van der Waals surface area contributed by atoms with Gasteiger partial charge in [-0.05, 0) is 42.0 Å². The molecule has 0 aromatic heterocycles. The van der Waals surface area contributed by atoms with Crippen LogP contribution in [0.4, 0.5) is 11.4 Å². The number of carbonyl (C=O) groups excluding carboxylic acids is 1. The van der Waals surface area contributed by atoms with Gasteiger partial charge in [0.1, 0.15) is 0 Å². The Labute approximate surface area is 213 Å². The quantitative estimate of drug-likeness (QED) is 0.383. The van der Waals surface area contributed by atoms with Crippen molar-refractivity contribution in [2.75, 3.05) is 30.1 Å². The normalized spacial score (nSPS) is 11.1. The van der Waals surface area contributed by atoms with Crippen LogP contribution in [0.5, 0.6) is 11.5 Å². The number of carbonyl (C=O) groups is 1. The Morgan fingerprint density at radius 1 is 0.912 bits per heavy atom. The van der Waals surface area contributed by atoms with Crippen LogP contribution in [-0.4, -0.2) is 34.8 Å². The fourth-order valence-electron chi connectivity index (χ4n) is 3.17. The molecule has 0 saturated heterocycles. The molecule has 3 rings (SSSR count). The third kappa shape index (κ3) is 6.07. The van der Waals surface area contributed by atoms with E-state index in [0.717, 1.165) is 10.6 Å². The maximum atomic E-state index is 13.3. The van der Waals surface area contributed by atoms with Crippen LogP contribution in [0.2, 0.25) is 15.1 Å². The average Bonchev–Trinajstić information content (AvgIpc) is 2.78. The number of hydrogen-bond donors (Lipinski definition) is 1. The van der Waals surface area contributed by atoms with E-state index in [1.54, 1.807) is 36.4 Å².